The molecule has 1 amide bonds. The number of likely N-dealkylation sites (tertiary alicyclic amines) is 1. The molecule has 1 rings (SSSR count). The van der Waals surface area contributed by atoms with Gasteiger partial charge in [-0.25, -0.2) is 4.79 Å². The number of amides is 1. The summed E-state index contributed by atoms with van der Waals surface area (Å²) in [6.07, 6.45) is 3.43. The Kier molecular flexibility index (Phi) is 4.11. The molecule has 0 radical (unpaired) electrons. The van der Waals surface area contributed by atoms with Crippen molar-refractivity contribution in [3.05, 3.63) is 0 Å². The third-order valence-corrected chi connectivity index (χ3v) is 2.60. The number of carbonyl (C=O) groups excluding carboxylic acids is 2. The van der Waals surface area contributed by atoms with E-state index in [1.807, 2.05) is 6.19 Å². The first-order valence-electron chi connectivity index (χ1n) is 5.14. The van der Waals surface area contributed by atoms with E-state index >= 15 is 0 Å². The van der Waals surface area contributed by atoms with Crippen molar-refractivity contribution in [2.45, 2.75) is 31.8 Å². The van der Waals surface area contributed by atoms with Crippen LogP contribution in [-0.4, -0.2) is 42.5 Å². The van der Waals surface area contributed by atoms with E-state index in [2.05, 4.69) is 10.1 Å². The van der Waals surface area contributed by atoms with E-state index < -0.39 is 18.1 Å². The third kappa shape index (κ3) is 2.63. The molecule has 1 aliphatic rings. The van der Waals surface area contributed by atoms with Gasteiger partial charge in [-0.15, -0.1) is 0 Å². The van der Waals surface area contributed by atoms with E-state index in [1.165, 1.54) is 12.0 Å². The molecule has 6 heteroatoms. The van der Waals surface area contributed by atoms with Gasteiger partial charge in [0.15, 0.2) is 6.19 Å². The van der Waals surface area contributed by atoms with E-state index in [0.29, 0.717) is 13.0 Å². The lowest BCUT2D eigenvalue weighted by atomic mass is 10.2. The van der Waals surface area contributed by atoms with Crippen LogP contribution in [0, 0.1) is 11.5 Å². The van der Waals surface area contributed by atoms with E-state index in [-0.39, 0.29) is 5.91 Å². The van der Waals surface area contributed by atoms with E-state index in [0.717, 1.165) is 6.42 Å². The van der Waals surface area contributed by atoms with Crippen molar-refractivity contribution in [2.75, 3.05) is 13.7 Å². The second kappa shape index (κ2) is 5.35. The number of rotatable bonds is 3. The maximum Gasteiger partial charge on any atom is 0.328 e. The Morgan fingerprint density at radius 1 is 1.62 bits per heavy atom. The molecule has 1 fully saturated rings. The lowest BCUT2D eigenvalue weighted by Gasteiger charge is -2.19. The fraction of sp³-hybridized carbons (Fsp3) is 0.700. The average Bonchev–Trinajstić information content (AvgIpc) is 2.75. The van der Waals surface area contributed by atoms with Crippen molar-refractivity contribution in [3.8, 4) is 6.19 Å². The monoisotopic (exact) mass is 225 g/mol. The van der Waals surface area contributed by atoms with Crippen LogP contribution in [-0.2, 0) is 14.3 Å². The molecular formula is C10H15N3O3. The van der Waals surface area contributed by atoms with Gasteiger partial charge in [0.05, 0.1) is 7.11 Å². The maximum absolute atomic E-state index is 11.7. The highest BCUT2D eigenvalue weighted by Gasteiger charge is 2.31. The zero-order valence-electron chi connectivity index (χ0n) is 9.40. The van der Waals surface area contributed by atoms with Crippen LogP contribution < -0.4 is 5.32 Å². The maximum atomic E-state index is 11.7. The zero-order chi connectivity index (χ0) is 12.1. The number of hydrogen-bond acceptors (Lipinski definition) is 5. The highest BCUT2D eigenvalue weighted by molar-refractivity contribution is 5.87. The highest BCUT2D eigenvalue weighted by Crippen LogP contribution is 2.15. The summed E-state index contributed by atoms with van der Waals surface area (Å²) in [4.78, 5) is 24.3. The standard InChI is InChI=1S/C10H15N3O3/c1-7(10(15)16-2)12-9(14)8-4-3-5-13(8)6-11/h7-8H,3-5H2,1-2H3,(H,12,14)/t7-,8-/m0/s1. The smallest absolute Gasteiger partial charge is 0.328 e. The zero-order valence-corrected chi connectivity index (χ0v) is 9.40. The number of nitriles is 1. The number of methoxy groups -OCH3 is 1. The average molecular weight is 225 g/mol. The molecule has 0 unspecified atom stereocenters. The Morgan fingerprint density at radius 3 is 2.88 bits per heavy atom. The number of nitrogens with zero attached hydrogens (tertiary/aromatic N) is 2. The summed E-state index contributed by atoms with van der Waals surface area (Å²) >= 11 is 0. The molecule has 1 N–H and O–H groups in total. The first-order valence-corrected chi connectivity index (χ1v) is 5.14. The van der Waals surface area contributed by atoms with Crippen molar-refractivity contribution in [1.82, 2.24) is 10.2 Å². The van der Waals surface area contributed by atoms with Crippen LogP contribution in [0.15, 0.2) is 0 Å². The molecule has 16 heavy (non-hydrogen) atoms. The van der Waals surface area contributed by atoms with E-state index in [9.17, 15) is 9.59 Å². The van der Waals surface area contributed by atoms with Gasteiger partial charge >= 0.3 is 5.97 Å². The molecule has 1 heterocycles. The van der Waals surface area contributed by atoms with Crippen LogP contribution in [0.25, 0.3) is 0 Å². The van der Waals surface area contributed by atoms with Gasteiger partial charge in [-0.05, 0) is 19.8 Å². The third-order valence-electron chi connectivity index (χ3n) is 2.60. The number of carbonyl (C=O) groups is 2. The fourth-order valence-corrected chi connectivity index (χ4v) is 1.70. The molecule has 0 aliphatic carbocycles. The number of hydrogen-bond donors (Lipinski definition) is 1. The molecule has 1 saturated heterocycles. The van der Waals surface area contributed by atoms with Crippen molar-refractivity contribution in [1.29, 1.82) is 5.26 Å². The molecule has 6 nitrogen and oxygen atoms in total. The van der Waals surface area contributed by atoms with Gasteiger partial charge in [0, 0.05) is 6.54 Å². The van der Waals surface area contributed by atoms with Crippen molar-refractivity contribution >= 4 is 11.9 Å². The summed E-state index contributed by atoms with van der Waals surface area (Å²) in [6.45, 7) is 2.15. The fourth-order valence-electron chi connectivity index (χ4n) is 1.70. The predicted molar refractivity (Wildman–Crippen MR) is 55.0 cm³/mol. The van der Waals surface area contributed by atoms with Crippen molar-refractivity contribution in [3.63, 3.8) is 0 Å². The van der Waals surface area contributed by atoms with Gasteiger partial charge in [0.25, 0.3) is 0 Å². The van der Waals surface area contributed by atoms with Gasteiger partial charge in [0.1, 0.15) is 12.1 Å². The second-order valence-corrected chi connectivity index (χ2v) is 3.70. The number of ether oxygens (including phenoxy) is 1. The molecule has 0 aromatic rings. The summed E-state index contributed by atoms with van der Waals surface area (Å²) in [5.74, 6) is -0.785. The minimum absolute atomic E-state index is 0.294. The Morgan fingerprint density at radius 2 is 2.31 bits per heavy atom. The lowest BCUT2D eigenvalue weighted by molar-refractivity contribution is -0.144. The second-order valence-electron chi connectivity index (χ2n) is 3.70. The van der Waals surface area contributed by atoms with Crippen LogP contribution in [0.4, 0.5) is 0 Å². The molecule has 88 valence electrons. The van der Waals surface area contributed by atoms with Crippen LogP contribution in [0.3, 0.4) is 0 Å². The molecule has 0 bridgehead atoms. The van der Waals surface area contributed by atoms with Crippen LogP contribution in [0.5, 0.6) is 0 Å². The predicted octanol–water partition coefficient (Wildman–Crippen LogP) is -0.390. The Balaban J connectivity index is 2.52. The van der Waals surface area contributed by atoms with Gasteiger partial charge in [-0.3, -0.25) is 9.69 Å². The van der Waals surface area contributed by atoms with Crippen molar-refractivity contribution in [2.24, 2.45) is 0 Å². The van der Waals surface area contributed by atoms with E-state index in [1.54, 1.807) is 6.92 Å². The molecule has 2 atom stereocenters. The first-order chi connectivity index (χ1) is 7.60. The van der Waals surface area contributed by atoms with Gasteiger partial charge in [0.2, 0.25) is 5.91 Å². The summed E-state index contributed by atoms with van der Waals surface area (Å²) in [6, 6.07) is -1.13. The van der Waals surface area contributed by atoms with Gasteiger partial charge < -0.3 is 10.1 Å². The van der Waals surface area contributed by atoms with Crippen molar-refractivity contribution < 1.29 is 14.3 Å². The summed E-state index contributed by atoms with van der Waals surface area (Å²) in [5, 5.41) is 11.3. The topological polar surface area (TPSA) is 82.4 Å². The Labute approximate surface area is 94.2 Å². The molecule has 0 aromatic carbocycles. The Hall–Kier alpha value is -1.77. The van der Waals surface area contributed by atoms with Gasteiger partial charge in [-0.2, -0.15) is 5.26 Å². The SMILES string of the molecule is COC(=O)[C@H](C)NC(=O)[C@@H]1CCCN1C#N. The van der Waals surface area contributed by atoms with Crippen LogP contribution in [0.1, 0.15) is 19.8 Å². The van der Waals surface area contributed by atoms with E-state index in [4.69, 9.17) is 5.26 Å². The quantitative estimate of drug-likeness (QED) is 0.522. The summed E-state index contributed by atoms with van der Waals surface area (Å²) < 4.78 is 4.50. The normalized spacial score (nSPS) is 21.1. The minimum atomic E-state index is -0.682. The molecule has 1 aliphatic heterocycles. The van der Waals surface area contributed by atoms with Gasteiger partial charge in [-0.1, -0.05) is 0 Å². The van der Waals surface area contributed by atoms with Crippen LogP contribution in [0.2, 0.25) is 0 Å². The highest BCUT2D eigenvalue weighted by atomic mass is 16.5. The molecule has 0 saturated carbocycles. The first kappa shape index (κ1) is 12.3. The minimum Gasteiger partial charge on any atom is -0.467 e. The number of esters is 1. The molecular weight excluding hydrogens is 210 g/mol. The lowest BCUT2D eigenvalue weighted by Crippen LogP contribution is -2.47. The molecule has 0 aromatic heterocycles. The largest absolute Gasteiger partial charge is 0.467 e. The summed E-state index contributed by atoms with van der Waals surface area (Å²) in [7, 11) is 1.27. The molecule has 0 spiro atoms. The van der Waals surface area contributed by atoms with Crippen LogP contribution >= 0.6 is 0 Å². The number of nitrogens with one attached hydrogen (secondary N) is 1. The summed E-state index contributed by atoms with van der Waals surface area (Å²) in [5.41, 5.74) is 0. The Bertz CT molecular complexity index is 324.